The highest BCUT2D eigenvalue weighted by Gasteiger charge is 2.50. The number of nitrogens with one attached hydrogen (secondary N) is 1. The Morgan fingerprint density at radius 2 is 1.80 bits per heavy atom. The first kappa shape index (κ1) is 30.4. The van der Waals surface area contributed by atoms with Crippen LogP contribution in [-0.4, -0.2) is 109 Å². The number of fused-ring (bicyclic) bond motifs is 2. The number of aromatic nitrogens is 7. The van der Waals surface area contributed by atoms with E-state index >= 15 is 0 Å². The van der Waals surface area contributed by atoms with Gasteiger partial charge in [0.1, 0.15) is 42.7 Å². The van der Waals surface area contributed by atoms with Crippen molar-refractivity contribution in [1.29, 1.82) is 0 Å². The fourth-order valence-electron chi connectivity index (χ4n) is 5.26. The van der Waals surface area contributed by atoms with Crippen molar-refractivity contribution in [1.82, 2.24) is 34.1 Å². The zero-order valence-electron chi connectivity index (χ0n) is 22.3. The van der Waals surface area contributed by atoms with Gasteiger partial charge in [-0.15, -0.1) is 0 Å². The summed E-state index contributed by atoms with van der Waals surface area (Å²) in [6, 6.07) is 0. The molecule has 4 aromatic rings. The lowest BCUT2D eigenvalue weighted by molar-refractivity contribution is -0.0600. The second kappa shape index (κ2) is 11.4. The third-order valence-corrected chi connectivity index (χ3v) is 8.30. The van der Waals surface area contributed by atoms with Gasteiger partial charge in [-0.1, -0.05) is 0 Å². The number of anilines is 2. The average molecular weight is 643 g/mol. The molecule has 2 aliphatic rings. The molecule has 2 aliphatic heterocycles. The number of nitrogen functional groups attached to an aromatic ring is 2. The van der Waals surface area contributed by atoms with Crippen molar-refractivity contribution in [2.24, 2.45) is 0 Å². The Labute approximate surface area is 244 Å². The number of nitrogens with zero attached hydrogens (tertiary/aromatic N) is 6. The lowest BCUT2D eigenvalue weighted by atomic mass is 10.1. The summed E-state index contributed by atoms with van der Waals surface area (Å²) in [4.78, 5) is 40.7. The molecule has 4 aromatic heterocycles. The third-order valence-electron chi connectivity index (χ3n) is 7.31. The van der Waals surface area contributed by atoms with Crippen molar-refractivity contribution < 1.29 is 52.8 Å². The number of halogens is 1. The van der Waals surface area contributed by atoms with Gasteiger partial charge in [-0.3, -0.25) is 23.4 Å². The number of H-pyrrole nitrogens is 1. The maximum absolute atomic E-state index is 14.5. The van der Waals surface area contributed by atoms with Crippen LogP contribution in [0.1, 0.15) is 18.9 Å². The molecule has 10 N–H and O–H groups in total. The summed E-state index contributed by atoms with van der Waals surface area (Å²) in [5, 5.41) is 41.4. The zero-order valence-corrected chi connectivity index (χ0v) is 23.2. The molecule has 0 saturated carbocycles. The van der Waals surface area contributed by atoms with E-state index < -0.39 is 81.5 Å². The van der Waals surface area contributed by atoms with Crippen LogP contribution in [0.4, 0.5) is 16.2 Å². The van der Waals surface area contributed by atoms with Crippen molar-refractivity contribution in [2.75, 3.05) is 24.7 Å². The highest BCUT2D eigenvalue weighted by molar-refractivity contribution is 7.47. The molecule has 6 heterocycles. The van der Waals surface area contributed by atoms with Gasteiger partial charge in [-0.2, -0.15) is 4.98 Å². The lowest BCUT2D eigenvalue weighted by Gasteiger charge is -2.25. The second-order valence-corrected chi connectivity index (χ2v) is 11.5. The maximum atomic E-state index is 14.5. The molecule has 6 rings (SSSR count). The van der Waals surface area contributed by atoms with Crippen LogP contribution in [0, 0.1) is 5.82 Å². The van der Waals surface area contributed by atoms with Gasteiger partial charge < -0.3 is 50.8 Å². The molecule has 238 valence electrons. The van der Waals surface area contributed by atoms with Crippen LogP contribution in [0.15, 0.2) is 23.6 Å². The molecule has 2 fully saturated rings. The molecule has 0 bridgehead atoms. The number of aliphatic hydroxyl groups excluding tert-OH is 4. The predicted octanol–water partition coefficient (Wildman–Crippen LogP) is -2.37. The van der Waals surface area contributed by atoms with Crippen LogP contribution >= 0.6 is 7.82 Å². The number of aromatic amines is 1. The Bertz CT molecular complexity index is 1800. The van der Waals surface area contributed by atoms with Crippen LogP contribution in [0.3, 0.4) is 0 Å². The lowest BCUT2D eigenvalue weighted by Crippen LogP contribution is -2.35. The molecule has 20 nitrogen and oxygen atoms in total. The second-order valence-electron chi connectivity index (χ2n) is 10.1. The van der Waals surface area contributed by atoms with E-state index in [2.05, 4.69) is 24.9 Å². The first-order valence-corrected chi connectivity index (χ1v) is 14.5. The van der Waals surface area contributed by atoms with E-state index in [0.29, 0.717) is 0 Å². The SMILES string of the molecule is Nc1nc2c(ncn2[C@@H]2O[C@H](CCO)[C@@H](O)[C@H]2OP(=O)(O)OC[C@H]2O[C@@H](n3cc(F)c4c(N)ncnc43)[C@H](O)[C@@H]2O)c(=O)[nH]1. The summed E-state index contributed by atoms with van der Waals surface area (Å²) < 4.78 is 51.6. The van der Waals surface area contributed by atoms with Gasteiger partial charge in [-0.25, -0.2) is 23.9 Å². The topological polar surface area (TPSA) is 301 Å². The van der Waals surface area contributed by atoms with Crippen molar-refractivity contribution in [3.8, 4) is 0 Å². The van der Waals surface area contributed by atoms with Gasteiger partial charge in [0.2, 0.25) is 5.95 Å². The number of hydrogen-bond donors (Lipinski definition) is 8. The molecule has 22 heteroatoms. The standard InChI is InChI=1S/C22H27FN9O11P/c23-7-3-31(17-10(7)16(24)26-5-27-17)20-14(36)12(34)9(42-20)4-40-44(38,39)43-15-13(35)8(1-2-33)41-21(15)32-6-28-11-18(32)29-22(25)30-19(11)37/h3,5-6,8-9,12-15,20-21,33-36H,1-2,4H2,(H,38,39)(H2,24,26,27)(H3,25,29,30,37)/t8-,9-,12-,13-,14-,15-,20-,21-/m1/s1. The normalized spacial score (nSPS) is 30.4. The number of phosphoric acid groups is 1. The first-order chi connectivity index (χ1) is 20.9. The van der Waals surface area contributed by atoms with E-state index in [1.165, 1.54) is 0 Å². The Balaban J connectivity index is 1.20. The minimum absolute atomic E-state index is 0.0343. The molecular formula is C22H27FN9O11P. The Morgan fingerprint density at radius 3 is 2.55 bits per heavy atom. The third kappa shape index (κ3) is 5.21. The van der Waals surface area contributed by atoms with Crippen LogP contribution in [0.5, 0.6) is 0 Å². The molecule has 0 amide bonds. The van der Waals surface area contributed by atoms with Crippen molar-refractivity contribution in [2.45, 2.75) is 55.5 Å². The zero-order chi connectivity index (χ0) is 31.5. The van der Waals surface area contributed by atoms with Gasteiger partial charge in [0, 0.05) is 12.8 Å². The summed E-state index contributed by atoms with van der Waals surface area (Å²) in [5.74, 6) is -1.23. The molecule has 0 spiro atoms. The quantitative estimate of drug-likeness (QED) is 0.0884. The first-order valence-electron chi connectivity index (χ1n) is 13.0. The summed E-state index contributed by atoms with van der Waals surface area (Å²) in [6.45, 7) is -1.22. The van der Waals surface area contributed by atoms with Gasteiger partial charge in [0.05, 0.1) is 24.4 Å². The maximum Gasteiger partial charge on any atom is 0.472 e. The minimum Gasteiger partial charge on any atom is -0.396 e. The molecule has 9 atom stereocenters. The van der Waals surface area contributed by atoms with E-state index in [1.54, 1.807) is 0 Å². The number of nitrogens with two attached hydrogens (primary N) is 2. The fourth-order valence-corrected chi connectivity index (χ4v) is 6.19. The molecular weight excluding hydrogens is 616 g/mol. The number of imidazole rings is 1. The van der Waals surface area contributed by atoms with Crippen molar-refractivity contribution in [3.63, 3.8) is 0 Å². The van der Waals surface area contributed by atoms with Gasteiger partial charge in [-0.05, 0) is 6.42 Å². The minimum atomic E-state index is -5.10. The highest BCUT2D eigenvalue weighted by Crippen LogP contribution is 2.50. The fraction of sp³-hybridized carbons (Fsp3) is 0.500. The number of aliphatic hydroxyl groups is 4. The smallest absolute Gasteiger partial charge is 0.396 e. The molecule has 44 heavy (non-hydrogen) atoms. The van der Waals surface area contributed by atoms with Crippen molar-refractivity contribution >= 4 is 41.8 Å². The molecule has 0 aromatic carbocycles. The predicted molar refractivity (Wildman–Crippen MR) is 143 cm³/mol. The Morgan fingerprint density at radius 1 is 1.05 bits per heavy atom. The van der Waals surface area contributed by atoms with E-state index in [9.17, 15) is 39.1 Å². The summed E-state index contributed by atoms with van der Waals surface area (Å²) in [7, 11) is -5.10. The Kier molecular flexibility index (Phi) is 7.86. The van der Waals surface area contributed by atoms with E-state index in [0.717, 1.165) is 28.0 Å². The Hall–Kier alpha value is -3.63. The van der Waals surface area contributed by atoms with Crippen LogP contribution in [0.2, 0.25) is 0 Å². The molecule has 0 radical (unpaired) electrons. The van der Waals surface area contributed by atoms with Crippen LogP contribution < -0.4 is 17.0 Å². The van der Waals surface area contributed by atoms with Crippen LogP contribution in [0.25, 0.3) is 22.2 Å². The summed E-state index contributed by atoms with van der Waals surface area (Å²) in [5.41, 5.74) is 10.4. The molecule has 0 aliphatic carbocycles. The number of hydrogen-bond acceptors (Lipinski definition) is 16. The van der Waals surface area contributed by atoms with E-state index in [-0.39, 0.29) is 40.4 Å². The van der Waals surface area contributed by atoms with Gasteiger partial charge in [0.15, 0.2) is 35.1 Å². The average Bonchev–Trinajstić information content (AvgIpc) is 3.69. The van der Waals surface area contributed by atoms with Gasteiger partial charge in [0.25, 0.3) is 5.56 Å². The largest absolute Gasteiger partial charge is 0.472 e. The number of phosphoric ester groups is 1. The van der Waals surface area contributed by atoms with E-state index in [4.69, 9.17) is 30.0 Å². The molecule has 2 saturated heterocycles. The summed E-state index contributed by atoms with van der Waals surface area (Å²) in [6.07, 6.45) is -8.79. The summed E-state index contributed by atoms with van der Waals surface area (Å²) >= 11 is 0. The highest BCUT2D eigenvalue weighted by atomic mass is 31.2. The van der Waals surface area contributed by atoms with Crippen LogP contribution in [-0.2, 0) is 23.1 Å². The van der Waals surface area contributed by atoms with E-state index in [1.807, 2.05) is 0 Å². The van der Waals surface area contributed by atoms with Crippen molar-refractivity contribution in [3.05, 3.63) is 35.0 Å². The monoisotopic (exact) mass is 643 g/mol. The number of rotatable bonds is 9. The van der Waals surface area contributed by atoms with Gasteiger partial charge >= 0.3 is 7.82 Å². The number of ether oxygens (including phenoxy) is 2. The molecule has 1 unspecified atom stereocenters.